The number of nitrogens with zero attached hydrogens (tertiary/aromatic N) is 3. The van der Waals surface area contributed by atoms with E-state index in [1.807, 2.05) is 66.7 Å². The number of pyridine rings is 1. The molecule has 2 heterocycles. The van der Waals surface area contributed by atoms with Gasteiger partial charge in [-0.3, -0.25) is 9.63 Å². The first-order valence-electron chi connectivity index (χ1n) is 10.0. The van der Waals surface area contributed by atoms with E-state index < -0.39 is 0 Å². The fraction of sp³-hybridized carbons (Fsp3) is 0.250. The lowest BCUT2D eigenvalue weighted by atomic mass is 10.2. The van der Waals surface area contributed by atoms with Crippen LogP contribution < -0.4 is 4.90 Å². The molecule has 1 aliphatic rings. The molecule has 0 spiro atoms. The Morgan fingerprint density at radius 2 is 1.55 bits per heavy atom. The third-order valence-electron chi connectivity index (χ3n) is 5.06. The number of carbonyl (C=O) groups excluding carboxylic acids is 1. The minimum atomic E-state index is -0.238. The second-order valence-electron chi connectivity index (χ2n) is 7.18. The van der Waals surface area contributed by atoms with Gasteiger partial charge in [-0.05, 0) is 36.1 Å². The van der Waals surface area contributed by atoms with Crippen molar-refractivity contribution in [1.82, 2.24) is 10.0 Å². The molecule has 2 aromatic carbocycles. The third kappa shape index (κ3) is 5.00. The molecule has 0 radical (unpaired) electrons. The molecule has 1 saturated heterocycles. The second kappa shape index (κ2) is 9.34. The average Bonchev–Trinajstić information content (AvgIpc) is 3.33. The summed E-state index contributed by atoms with van der Waals surface area (Å²) in [6.07, 6.45) is 4.20. The first kappa shape index (κ1) is 19.2. The quantitative estimate of drug-likeness (QED) is 0.562. The van der Waals surface area contributed by atoms with Crippen molar-refractivity contribution in [1.29, 1.82) is 0 Å². The van der Waals surface area contributed by atoms with Crippen molar-refractivity contribution in [3.63, 3.8) is 0 Å². The number of carbonyl (C=O) groups is 1. The largest absolute Gasteiger partial charge is 0.370 e. The van der Waals surface area contributed by atoms with Crippen molar-refractivity contribution in [2.45, 2.75) is 26.0 Å². The number of hydroxylamine groups is 2. The van der Waals surface area contributed by atoms with E-state index in [9.17, 15) is 4.79 Å². The third-order valence-corrected chi connectivity index (χ3v) is 5.06. The maximum atomic E-state index is 13.1. The van der Waals surface area contributed by atoms with Gasteiger partial charge in [0, 0.05) is 13.1 Å². The Morgan fingerprint density at radius 1 is 0.897 bits per heavy atom. The molecule has 1 aliphatic heterocycles. The van der Waals surface area contributed by atoms with Crippen LogP contribution in [0.2, 0.25) is 0 Å². The Balaban J connectivity index is 1.49. The van der Waals surface area contributed by atoms with Gasteiger partial charge in [0.15, 0.2) is 0 Å². The summed E-state index contributed by atoms with van der Waals surface area (Å²) in [6.45, 7) is 2.79. The van der Waals surface area contributed by atoms with Crippen molar-refractivity contribution in [2.75, 3.05) is 18.0 Å². The van der Waals surface area contributed by atoms with Gasteiger partial charge in [0.2, 0.25) is 0 Å². The molecule has 1 amide bonds. The molecule has 0 saturated carbocycles. The molecule has 5 nitrogen and oxygen atoms in total. The van der Waals surface area contributed by atoms with Gasteiger partial charge in [0.25, 0.3) is 5.91 Å². The van der Waals surface area contributed by atoms with Gasteiger partial charge in [-0.2, -0.15) is 0 Å². The van der Waals surface area contributed by atoms with Crippen LogP contribution in [0.1, 0.15) is 34.5 Å². The first-order valence-corrected chi connectivity index (χ1v) is 10.0. The SMILES string of the molecule is O=C(c1ccc(N2CCCC2)cn1)N(Cc1ccccc1)OCc1ccccc1. The van der Waals surface area contributed by atoms with Crippen LogP contribution in [-0.2, 0) is 18.0 Å². The van der Waals surface area contributed by atoms with Crippen LogP contribution in [0, 0.1) is 0 Å². The van der Waals surface area contributed by atoms with Crippen LogP contribution in [-0.4, -0.2) is 29.0 Å². The van der Waals surface area contributed by atoms with Crippen molar-refractivity contribution in [3.8, 4) is 0 Å². The number of aromatic nitrogens is 1. The summed E-state index contributed by atoms with van der Waals surface area (Å²) >= 11 is 0. The molecular weight excluding hydrogens is 362 g/mol. The molecule has 0 unspecified atom stereocenters. The fourth-order valence-corrected chi connectivity index (χ4v) is 3.45. The first-order chi connectivity index (χ1) is 14.3. The van der Waals surface area contributed by atoms with Crippen molar-refractivity contribution in [3.05, 3.63) is 95.8 Å². The van der Waals surface area contributed by atoms with E-state index in [0.29, 0.717) is 18.8 Å². The van der Waals surface area contributed by atoms with Gasteiger partial charge in [-0.25, -0.2) is 10.0 Å². The second-order valence-corrected chi connectivity index (χ2v) is 7.18. The summed E-state index contributed by atoms with van der Waals surface area (Å²) in [5.41, 5.74) is 3.47. The maximum Gasteiger partial charge on any atom is 0.296 e. The van der Waals surface area contributed by atoms with E-state index in [4.69, 9.17) is 4.84 Å². The van der Waals surface area contributed by atoms with Gasteiger partial charge in [0.1, 0.15) is 12.3 Å². The lowest BCUT2D eigenvalue weighted by Crippen LogP contribution is -2.31. The maximum absolute atomic E-state index is 13.1. The normalized spacial score (nSPS) is 13.4. The van der Waals surface area contributed by atoms with Gasteiger partial charge in [0.05, 0.1) is 18.4 Å². The van der Waals surface area contributed by atoms with E-state index in [2.05, 4.69) is 9.88 Å². The Bertz CT molecular complexity index is 908. The zero-order chi connectivity index (χ0) is 19.9. The zero-order valence-electron chi connectivity index (χ0n) is 16.4. The Hall–Kier alpha value is -3.18. The van der Waals surface area contributed by atoms with Gasteiger partial charge < -0.3 is 4.90 Å². The Morgan fingerprint density at radius 3 is 2.17 bits per heavy atom. The highest BCUT2D eigenvalue weighted by Gasteiger charge is 2.20. The molecule has 1 aromatic heterocycles. The van der Waals surface area contributed by atoms with E-state index in [-0.39, 0.29) is 5.91 Å². The van der Waals surface area contributed by atoms with E-state index in [1.54, 1.807) is 12.3 Å². The van der Waals surface area contributed by atoms with Crippen LogP contribution in [0.4, 0.5) is 5.69 Å². The number of benzene rings is 2. The molecule has 0 N–H and O–H groups in total. The molecule has 5 heteroatoms. The summed E-state index contributed by atoms with van der Waals surface area (Å²) in [6, 6.07) is 23.4. The molecule has 1 fully saturated rings. The molecule has 29 heavy (non-hydrogen) atoms. The summed E-state index contributed by atoms with van der Waals surface area (Å²) in [5.74, 6) is -0.238. The summed E-state index contributed by atoms with van der Waals surface area (Å²) in [7, 11) is 0. The summed E-state index contributed by atoms with van der Waals surface area (Å²) in [4.78, 5) is 25.8. The van der Waals surface area contributed by atoms with Crippen molar-refractivity contribution < 1.29 is 9.63 Å². The van der Waals surface area contributed by atoms with Crippen LogP contribution in [0.15, 0.2) is 79.0 Å². The fourth-order valence-electron chi connectivity index (χ4n) is 3.45. The van der Waals surface area contributed by atoms with Gasteiger partial charge >= 0.3 is 0 Å². The van der Waals surface area contributed by atoms with Crippen LogP contribution in [0.5, 0.6) is 0 Å². The number of rotatable bonds is 7. The highest BCUT2D eigenvalue weighted by molar-refractivity contribution is 5.91. The smallest absolute Gasteiger partial charge is 0.296 e. The number of amides is 1. The van der Waals surface area contributed by atoms with Gasteiger partial charge in [-0.1, -0.05) is 60.7 Å². The molecule has 0 aliphatic carbocycles. The number of hydrogen-bond acceptors (Lipinski definition) is 4. The zero-order valence-corrected chi connectivity index (χ0v) is 16.4. The summed E-state index contributed by atoms with van der Waals surface area (Å²) in [5, 5.41) is 1.40. The predicted octanol–water partition coefficient (Wildman–Crippen LogP) is 4.46. The molecule has 3 aromatic rings. The summed E-state index contributed by atoms with van der Waals surface area (Å²) < 4.78 is 0. The molecule has 148 valence electrons. The predicted molar refractivity (Wildman–Crippen MR) is 113 cm³/mol. The minimum Gasteiger partial charge on any atom is -0.370 e. The van der Waals surface area contributed by atoms with Gasteiger partial charge in [-0.15, -0.1) is 0 Å². The highest BCUT2D eigenvalue weighted by atomic mass is 16.7. The number of hydrogen-bond donors (Lipinski definition) is 0. The van der Waals surface area contributed by atoms with Crippen LogP contribution in [0.3, 0.4) is 0 Å². The average molecular weight is 387 g/mol. The van der Waals surface area contributed by atoms with Crippen molar-refractivity contribution >= 4 is 11.6 Å². The topological polar surface area (TPSA) is 45.7 Å². The lowest BCUT2D eigenvalue weighted by molar-refractivity contribution is -0.140. The van der Waals surface area contributed by atoms with Crippen molar-refractivity contribution in [2.24, 2.45) is 0 Å². The molecule has 0 atom stereocenters. The van der Waals surface area contributed by atoms with E-state index >= 15 is 0 Å². The molecular formula is C24H25N3O2. The lowest BCUT2D eigenvalue weighted by Gasteiger charge is -2.22. The standard InChI is InChI=1S/C24H25N3O2/c28-24(23-14-13-22(17-25-23)26-15-7-8-16-26)27(18-20-9-3-1-4-10-20)29-19-21-11-5-2-6-12-21/h1-6,9-14,17H,7-8,15-16,18-19H2. The Labute approximate surface area is 171 Å². The van der Waals surface area contributed by atoms with Crippen LogP contribution in [0.25, 0.3) is 0 Å². The monoisotopic (exact) mass is 387 g/mol. The van der Waals surface area contributed by atoms with E-state index in [0.717, 1.165) is 29.9 Å². The minimum absolute atomic E-state index is 0.238. The van der Waals surface area contributed by atoms with Crippen LogP contribution >= 0.6 is 0 Å². The number of anilines is 1. The molecule has 4 rings (SSSR count). The highest BCUT2D eigenvalue weighted by Crippen LogP contribution is 2.20. The Kier molecular flexibility index (Phi) is 6.17. The molecule has 0 bridgehead atoms. The van der Waals surface area contributed by atoms with E-state index in [1.165, 1.54) is 17.9 Å².